The molecule has 21 heavy (non-hydrogen) atoms. The van der Waals surface area contributed by atoms with Crippen molar-refractivity contribution in [2.75, 3.05) is 6.54 Å². The van der Waals surface area contributed by atoms with E-state index in [-0.39, 0.29) is 17.2 Å². The van der Waals surface area contributed by atoms with Crippen molar-refractivity contribution < 1.29 is 14.7 Å². The first-order chi connectivity index (χ1) is 9.85. The van der Waals surface area contributed by atoms with Gasteiger partial charge in [-0.3, -0.25) is 9.59 Å². The van der Waals surface area contributed by atoms with Gasteiger partial charge in [-0.05, 0) is 36.5 Å². The number of fused-ring (bicyclic) bond motifs is 1. The standard InChI is InChI=1S/C17H27NO3/c1-10-8-9-18(12-7-5-4-6-11(10)12)15(19)13-14(16(20)21)17(13,2)3/h10-14H,4-9H2,1-3H3,(H,20,21)/t10?,11?,12?,13-,14+/m1/s1. The predicted octanol–water partition coefficient (Wildman–Crippen LogP) is 2.77. The van der Waals surface area contributed by atoms with E-state index in [9.17, 15) is 14.7 Å². The molecule has 3 unspecified atom stereocenters. The Hall–Kier alpha value is -1.06. The molecule has 5 atom stereocenters. The van der Waals surface area contributed by atoms with E-state index in [4.69, 9.17) is 0 Å². The minimum Gasteiger partial charge on any atom is -0.481 e. The van der Waals surface area contributed by atoms with Gasteiger partial charge in [0.25, 0.3) is 0 Å². The SMILES string of the molecule is CC1CCN(C(=O)[C@H]2[C@@H](C(=O)O)C2(C)C)C2CCCCC12. The molecular weight excluding hydrogens is 266 g/mol. The first kappa shape index (κ1) is 14.9. The minimum atomic E-state index is -0.816. The average molecular weight is 293 g/mol. The second-order valence-electron chi connectivity index (χ2n) is 7.93. The number of carbonyl (C=O) groups is 2. The van der Waals surface area contributed by atoms with Crippen LogP contribution in [0.25, 0.3) is 0 Å². The van der Waals surface area contributed by atoms with Crippen LogP contribution in [0, 0.1) is 29.1 Å². The van der Waals surface area contributed by atoms with Gasteiger partial charge in [0.1, 0.15) is 0 Å². The average Bonchev–Trinajstić information content (AvgIpc) is 3.02. The van der Waals surface area contributed by atoms with E-state index in [1.807, 2.05) is 13.8 Å². The van der Waals surface area contributed by atoms with Gasteiger partial charge >= 0.3 is 5.97 Å². The zero-order chi connectivity index (χ0) is 15.4. The predicted molar refractivity (Wildman–Crippen MR) is 79.6 cm³/mol. The number of piperidine rings is 1. The first-order valence-corrected chi connectivity index (χ1v) is 8.39. The molecule has 4 nitrogen and oxygen atoms in total. The van der Waals surface area contributed by atoms with Crippen molar-refractivity contribution in [3.05, 3.63) is 0 Å². The Kier molecular flexibility index (Phi) is 3.53. The van der Waals surface area contributed by atoms with Gasteiger partial charge < -0.3 is 10.0 Å². The van der Waals surface area contributed by atoms with Crippen LogP contribution in [-0.4, -0.2) is 34.5 Å². The second-order valence-corrected chi connectivity index (χ2v) is 7.93. The lowest BCUT2D eigenvalue weighted by atomic mass is 9.72. The minimum absolute atomic E-state index is 0.108. The highest BCUT2D eigenvalue weighted by atomic mass is 16.4. The Labute approximate surface area is 126 Å². The summed E-state index contributed by atoms with van der Waals surface area (Å²) in [5.74, 6) is -0.194. The van der Waals surface area contributed by atoms with E-state index >= 15 is 0 Å². The van der Waals surface area contributed by atoms with Crippen molar-refractivity contribution in [1.29, 1.82) is 0 Å². The Balaban J connectivity index is 1.77. The summed E-state index contributed by atoms with van der Waals surface area (Å²) >= 11 is 0. The quantitative estimate of drug-likeness (QED) is 0.851. The van der Waals surface area contributed by atoms with E-state index in [1.54, 1.807) is 0 Å². The molecule has 3 rings (SSSR count). The molecule has 2 saturated carbocycles. The molecule has 1 N–H and O–H groups in total. The maximum absolute atomic E-state index is 12.9. The van der Waals surface area contributed by atoms with Gasteiger partial charge in [0.05, 0.1) is 11.8 Å². The number of carboxylic acids is 1. The lowest BCUT2D eigenvalue weighted by molar-refractivity contribution is -0.145. The molecule has 0 spiro atoms. The second kappa shape index (κ2) is 4.99. The smallest absolute Gasteiger partial charge is 0.307 e. The molecule has 0 radical (unpaired) electrons. The van der Waals surface area contributed by atoms with Gasteiger partial charge in [-0.1, -0.05) is 33.6 Å². The summed E-state index contributed by atoms with van der Waals surface area (Å²) < 4.78 is 0. The molecule has 1 saturated heterocycles. The Morgan fingerprint density at radius 1 is 1.10 bits per heavy atom. The zero-order valence-corrected chi connectivity index (χ0v) is 13.3. The number of likely N-dealkylation sites (tertiary alicyclic amines) is 1. The number of hydrogen-bond donors (Lipinski definition) is 1. The lowest BCUT2D eigenvalue weighted by Gasteiger charge is -2.47. The van der Waals surface area contributed by atoms with Crippen molar-refractivity contribution in [2.45, 2.75) is 58.9 Å². The molecule has 1 aliphatic heterocycles. The van der Waals surface area contributed by atoms with Crippen LogP contribution in [0.15, 0.2) is 0 Å². The van der Waals surface area contributed by atoms with Crippen molar-refractivity contribution in [3.63, 3.8) is 0 Å². The summed E-state index contributed by atoms with van der Waals surface area (Å²) in [6.07, 6.45) is 5.88. The number of hydrogen-bond acceptors (Lipinski definition) is 2. The Bertz CT molecular complexity index is 459. The summed E-state index contributed by atoms with van der Waals surface area (Å²) in [4.78, 5) is 26.3. The van der Waals surface area contributed by atoms with Crippen molar-refractivity contribution in [3.8, 4) is 0 Å². The van der Waals surface area contributed by atoms with Crippen LogP contribution in [-0.2, 0) is 9.59 Å². The van der Waals surface area contributed by atoms with E-state index in [1.165, 1.54) is 19.3 Å². The van der Waals surface area contributed by atoms with Crippen LogP contribution in [0.2, 0.25) is 0 Å². The van der Waals surface area contributed by atoms with Gasteiger partial charge in [0.15, 0.2) is 0 Å². The summed E-state index contributed by atoms with van der Waals surface area (Å²) in [6.45, 7) is 6.96. The van der Waals surface area contributed by atoms with E-state index in [0.717, 1.165) is 19.4 Å². The van der Waals surface area contributed by atoms with E-state index < -0.39 is 11.9 Å². The van der Waals surface area contributed by atoms with E-state index in [2.05, 4.69) is 11.8 Å². The number of nitrogens with zero attached hydrogens (tertiary/aromatic N) is 1. The largest absolute Gasteiger partial charge is 0.481 e. The van der Waals surface area contributed by atoms with Gasteiger partial charge in [-0.2, -0.15) is 0 Å². The topological polar surface area (TPSA) is 57.6 Å². The lowest BCUT2D eigenvalue weighted by Crippen LogP contribution is -2.53. The van der Waals surface area contributed by atoms with Crippen molar-refractivity contribution >= 4 is 11.9 Å². The number of carboxylic acid groups (broad SMARTS) is 1. The van der Waals surface area contributed by atoms with Gasteiger partial charge in [0.2, 0.25) is 5.91 Å². The van der Waals surface area contributed by atoms with Gasteiger partial charge in [0, 0.05) is 12.6 Å². The third kappa shape index (κ3) is 2.27. The summed E-state index contributed by atoms with van der Waals surface area (Å²) in [5, 5.41) is 9.31. The molecule has 0 aromatic heterocycles. The molecule has 0 bridgehead atoms. The number of amides is 1. The highest BCUT2D eigenvalue weighted by molar-refractivity contribution is 5.91. The third-order valence-electron chi connectivity index (χ3n) is 6.38. The van der Waals surface area contributed by atoms with Crippen molar-refractivity contribution in [1.82, 2.24) is 4.90 Å². The van der Waals surface area contributed by atoms with Crippen LogP contribution in [0.1, 0.15) is 52.9 Å². The number of aliphatic carboxylic acids is 1. The highest BCUT2D eigenvalue weighted by Crippen LogP contribution is 2.59. The first-order valence-electron chi connectivity index (χ1n) is 8.39. The highest BCUT2D eigenvalue weighted by Gasteiger charge is 2.67. The fraction of sp³-hybridized carbons (Fsp3) is 0.882. The molecular formula is C17H27NO3. The van der Waals surface area contributed by atoms with Crippen LogP contribution in [0.5, 0.6) is 0 Å². The Morgan fingerprint density at radius 3 is 2.38 bits per heavy atom. The maximum atomic E-state index is 12.9. The van der Waals surface area contributed by atoms with Crippen LogP contribution < -0.4 is 0 Å². The molecule has 1 heterocycles. The van der Waals surface area contributed by atoms with Crippen LogP contribution >= 0.6 is 0 Å². The molecule has 4 heteroatoms. The van der Waals surface area contributed by atoms with Crippen LogP contribution in [0.4, 0.5) is 0 Å². The van der Waals surface area contributed by atoms with Crippen LogP contribution in [0.3, 0.4) is 0 Å². The molecule has 3 aliphatic rings. The molecule has 3 fully saturated rings. The zero-order valence-electron chi connectivity index (χ0n) is 13.3. The maximum Gasteiger partial charge on any atom is 0.307 e. The molecule has 2 aliphatic carbocycles. The normalized spacial score (nSPS) is 41.3. The van der Waals surface area contributed by atoms with Gasteiger partial charge in [-0.25, -0.2) is 0 Å². The molecule has 0 aromatic carbocycles. The monoisotopic (exact) mass is 293 g/mol. The molecule has 0 aromatic rings. The number of rotatable bonds is 2. The summed E-state index contributed by atoms with van der Waals surface area (Å²) in [6, 6.07) is 0.362. The van der Waals surface area contributed by atoms with Gasteiger partial charge in [-0.15, -0.1) is 0 Å². The molecule has 118 valence electrons. The Morgan fingerprint density at radius 2 is 1.76 bits per heavy atom. The van der Waals surface area contributed by atoms with E-state index in [0.29, 0.717) is 17.9 Å². The fourth-order valence-electron chi connectivity index (χ4n) is 4.93. The fourth-order valence-corrected chi connectivity index (χ4v) is 4.93. The summed E-state index contributed by atoms with van der Waals surface area (Å²) in [5.41, 5.74) is -0.379. The number of carbonyl (C=O) groups excluding carboxylic acids is 1. The molecule has 1 amide bonds. The van der Waals surface area contributed by atoms with Crippen molar-refractivity contribution in [2.24, 2.45) is 29.1 Å². The summed E-state index contributed by atoms with van der Waals surface area (Å²) in [7, 11) is 0. The third-order valence-corrected chi connectivity index (χ3v) is 6.38.